The summed E-state index contributed by atoms with van der Waals surface area (Å²) in [7, 11) is 1.71. The van der Waals surface area contributed by atoms with Gasteiger partial charge in [-0.2, -0.15) is 0 Å². The largest absolute Gasteiger partial charge is 0.492 e. The number of para-hydroxylation sites is 1. The molecular weight excluding hydrogens is 492 g/mol. The first-order valence-electron chi connectivity index (χ1n) is 14.2. The Hall–Kier alpha value is -3.39. The zero-order valence-electron chi connectivity index (χ0n) is 23.4. The molecule has 39 heavy (non-hydrogen) atoms. The maximum atomic E-state index is 13.7. The summed E-state index contributed by atoms with van der Waals surface area (Å²) in [6.07, 6.45) is 3.27. The lowest BCUT2D eigenvalue weighted by Gasteiger charge is -2.32. The molecule has 4 atom stereocenters. The van der Waals surface area contributed by atoms with Gasteiger partial charge in [0, 0.05) is 33.1 Å². The highest BCUT2D eigenvalue weighted by atomic mass is 16.5. The number of nitrogens with zero attached hydrogens (tertiary/aromatic N) is 2. The van der Waals surface area contributed by atoms with Gasteiger partial charge in [0.15, 0.2) is 0 Å². The van der Waals surface area contributed by atoms with E-state index in [1.165, 1.54) is 0 Å². The molecule has 0 radical (unpaired) electrons. The van der Waals surface area contributed by atoms with Crippen molar-refractivity contribution in [2.24, 2.45) is 5.92 Å². The molecule has 2 aromatic rings. The predicted octanol–water partition coefficient (Wildman–Crippen LogP) is 2.80. The van der Waals surface area contributed by atoms with Crippen molar-refractivity contribution >= 4 is 17.7 Å². The van der Waals surface area contributed by atoms with Gasteiger partial charge in [-0.05, 0) is 42.4 Å². The number of likely N-dealkylation sites (N-methyl/N-ethyl adjacent to an activating group) is 1. The van der Waals surface area contributed by atoms with E-state index in [9.17, 15) is 14.4 Å². The molecule has 0 spiro atoms. The molecule has 2 aromatic carbocycles. The van der Waals surface area contributed by atoms with E-state index in [4.69, 9.17) is 4.74 Å². The normalized spacial score (nSPS) is 24.3. The number of aryl methyl sites for hydroxylation is 1. The van der Waals surface area contributed by atoms with Gasteiger partial charge < -0.3 is 25.2 Å². The van der Waals surface area contributed by atoms with Crippen molar-refractivity contribution in [3.05, 3.63) is 65.7 Å². The minimum Gasteiger partial charge on any atom is -0.492 e. The van der Waals surface area contributed by atoms with Crippen LogP contribution >= 0.6 is 0 Å². The van der Waals surface area contributed by atoms with Crippen LogP contribution in [0.15, 0.2) is 54.6 Å². The van der Waals surface area contributed by atoms with Gasteiger partial charge in [-0.3, -0.25) is 14.4 Å². The lowest BCUT2D eigenvalue weighted by atomic mass is 9.97. The zero-order valence-corrected chi connectivity index (χ0v) is 23.4. The number of hydrogen-bond donors (Lipinski definition) is 2. The lowest BCUT2D eigenvalue weighted by molar-refractivity contribution is -0.145. The molecule has 0 unspecified atom stereocenters. The average Bonchev–Trinajstić information content (AvgIpc) is 3.34. The molecule has 2 bridgehead atoms. The minimum atomic E-state index is -0.633. The van der Waals surface area contributed by atoms with Crippen molar-refractivity contribution in [3.8, 4) is 5.75 Å². The maximum absolute atomic E-state index is 13.7. The van der Waals surface area contributed by atoms with Crippen LogP contribution in [0.3, 0.4) is 0 Å². The third-order valence-corrected chi connectivity index (χ3v) is 8.08. The van der Waals surface area contributed by atoms with E-state index in [0.717, 1.165) is 36.1 Å². The van der Waals surface area contributed by atoms with E-state index in [2.05, 4.69) is 24.5 Å². The Bertz CT molecular complexity index is 1120. The van der Waals surface area contributed by atoms with Crippen molar-refractivity contribution in [1.82, 2.24) is 20.4 Å². The van der Waals surface area contributed by atoms with Crippen LogP contribution in [0.1, 0.15) is 44.2 Å². The molecule has 0 aliphatic carbocycles. The first-order valence-corrected chi connectivity index (χ1v) is 14.2. The molecule has 0 saturated carbocycles. The number of carbonyl (C=O) groups is 3. The smallest absolute Gasteiger partial charge is 0.246 e. The first kappa shape index (κ1) is 28.6. The SMILES string of the molecule is CC[C@H](C)[C@@H]1NCCOc2ccccc2CCCNC(=O)[C@@H](Cc2ccccc2)N2CC[C@H](C2=O)N(C)C1=O. The van der Waals surface area contributed by atoms with Crippen LogP contribution in [0.2, 0.25) is 0 Å². The maximum Gasteiger partial charge on any atom is 0.246 e. The summed E-state index contributed by atoms with van der Waals surface area (Å²) < 4.78 is 6.09. The molecule has 0 aromatic heterocycles. The van der Waals surface area contributed by atoms with Crippen LogP contribution in [0, 0.1) is 5.92 Å². The van der Waals surface area contributed by atoms with Gasteiger partial charge in [0.2, 0.25) is 17.7 Å². The standard InChI is InChI=1S/C31H42N4O4/c1-4-22(2)28-31(38)34(3)25-16-19-35(30(25)37)26(21-23-11-6-5-7-12-23)29(36)33-17-10-14-24-13-8-9-15-27(24)39-20-18-32-28/h5-9,11-13,15,22,25-26,28,32H,4,10,14,16-21H2,1-3H3,(H,33,36)/t22-,25+,26+,28-/m0/s1. The van der Waals surface area contributed by atoms with Gasteiger partial charge in [-0.25, -0.2) is 0 Å². The Morgan fingerprint density at radius 2 is 1.74 bits per heavy atom. The molecular formula is C31H42N4O4. The summed E-state index contributed by atoms with van der Waals surface area (Å²) in [5, 5.41) is 6.48. The first-order chi connectivity index (χ1) is 18.9. The Morgan fingerprint density at radius 3 is 2.51 bits per heavy atom. The van der Waals surface area contributed by atoms with Crippen LogP contribution in [-0.4, -0.2) is 78.9 Å². The second-order valence-electron chi connectivity index (χ2n) is 10.7. The predicted molar refractivity (Wildman–Crippen MR) is 151 cm³/mol. The number of carbonyl (C=O) groups excluding carboxylic acids is 3. The van der Waals surface area contributed by atoms with Crippen LogP contribution in [-0.2, 0) is 27.2 Å². The fourth-order valence-electron chi connectivity index (χ4n) is 5.51. The quantitative estimate of drug-likeness (QED) is 0.630. The van der Waals surface area contributed by atoms with Crippen LogP contribution in [0.5, 0.6) is 5.75 Å². The summed E-state index contributed by atoms with van der Waals surface area (Å²) in [5.41, 5.74) is 2.08. The fraction of sp³-hybridized carbons (Fsp3) is 0.516. The van der Waals surface area contributed by atoms with Gasteiger partial charge in [-0.1, -0.05) is 68.8 Å². The van der Waals surface area contributed by atoms with Crippen molar-refractivity contribution in [1.29, 1.82) is 0 Å². The summed E-state index contributed by atoms with van der Waals surface area (Å²) in [6.45, 7) is 5.99. The number of rotatable bonds is 4. The molecule has 1 fully saturated rings. The molecule has 210 valence electrons. The number of amides is 3. The van der Waals surface area contributed by atoms with E-state index in [-0.39, 0.29) is 23.6 Å². The Balaban J connectivity index is 1.61. The number of benzene rings is 2. The van der Waals surface area contributed by atoms with Gasteiger partial charge >= 0.3 is 0 Å². The molecule has 2 heterocycles. The molecule has 8 heteroatoms. The second-order valence-corrected chi connectivity index (χ2v) is 10.7. The monoisotopic (exact) mass is 534 g/mol. The van der Waals surface area contributed by atoms with E-state index in [0.29, 0.717) is 39.1 Å². The minimum absolute atomic E-state index is 0.0852. The Labute approximate surface area is 232 Å². The van der Waals surface area contributed by atoms with Crippen LogP contribution < -0.4 is 15.4 Å². The Kier molecular flexibility index (Phi) is 9.98. The number of fused-ring (bicyclic) bond motifs is 3. The van der Waals surface area contributed by atoms with Gasteiger partial charge in [0.25, 0.3) is 0 Å². The molecule has 1 saturated heterocycles. The van der Waals surface area contributed by atoms with Crippen molar-refractivity contribution < 1.29 is 19.1 Å². The fourth-order valence-corrected chi connectivity index (χ4v) is 5.51. The zero-order chi connectivity index (χ0) is 27.8. The molecule has 3 amide bonds. The third-order valence-electron chi connectivity index (χ3n) is 8.08. The van der Waals surface area contributed by atoms with Crippen molar-refractivity contribution in [2.45, 2.75) is 64.1 Å². The van der Waals surface area contributed by atoms with Crippen molar-refractivity contribution in [3.63, 3.8) is 0 Å². The lowest BCUT2D eigenvalue weighted by Crippen LogP contribution is -2.55. The van der Waals surface area contributed by atoms with Gasteiger partial charge in [0.05, 0.1) is 6.04 Å². The number of hydrogen-bond acceptors (Lipinski definition) is 5. The molecule has 2 N–H and O–H groups in total. The summed E-state index contributed by atoms with van der Waals surface area (Å²) in [4.78, 5) is 44.1. The van der Waals surface area contributed by atoms with Gasteiger partial charge in [0.1, 0.15) is 24.4 Å². The van der Waals surface area contributed by atoms with E-state index in [1.54, 1.807) is 16.8 Å². The highest BCUT2D eigenvalue weighted by Crippen LogP contribution is 2.24. The molecule has 8 nitrogen and oxygen atoms in total. The Morgan fingerprint density at radius 1 is 1.00 bits per heavy atom. The van der Waals surface area contributed by atoms with E-state index in [1.807, 2.05) is 54.6 Å². The van der Waals surface area contributed by atoms with Gasteiger partial charge in [-0.15, -0.1) is 0 Å². The molecule has 2 aliphatic rings. The van der Waals surface area contributed by atoms with Crippen LogP contribution in [0.4, 0.5) is 0 Å². The third kappa shape index (κ3) is 6.98. The summed E-state index contributed by atoms with van der Waals surface area (Å²) in [5.74, 6) is 0.485. The molecule has 4 rings (SSSR count). The summed E-state index contributed by atoms with van der Waals surface area (Å²) in [6, 6.07) is 16.1. The average molecular weight is 535 g/mol. The van der Waals surface area contributed by atoms with E-state index >= 15 is 0 Å². The second kappa shape index (κ2) is 13.6. The highest BCUT2D eigenvalue weighted by Gasteiger charge is 2.43. The number of nitrogens with one attached hydrogen (secondary N) is 2. The topological polar surface area (TPSA) is 91.0 Å². The molecule has 2 aliphatic heterocycles. The highest BCUT2D eigenvalue weighted by molar-refractivity contribution is 5.94. The number of ether oxygens (including phenoxy) is 1. The van der Waals surface area contributed by atoms with E-state index < -0.39 is 18.1 Å². The van der Waals surface area contributed by atoms with Crippen molar-refractivity contribution in [2.75, 3.05) is 33.3 Å². The summed E-state index contributed by atoms with van der Waals surface area (Å²) >= 11 is 0. The van der Waals surface area contributed by atoms with Crippen LogP contribution in [0.25, 0.3) is 0 Å².